The van der Waals surface area contributed by atoms with Crippen LogP contribution in [0.1, 0.15) is 17.0 Å². The predicted octanol–water partition coefficient (Wildman–Crippen LogP) is 4.76. The number of amides is 1. The topological polar surface area (TPSA) is 55.1 Å². The predicted molar refractivity (Wildman–Crippen MR) is 113 cm³/mol. The molecule has 1 fully saturated rings. The van der Waals surface area contributed by atoms with Gasteiger partial charge in [0.2, 0.25) is 11.8 Å². The van der Waals surface area contributed by atoms with E-state index in [0.29, 0.717) is 12.3 Å². The molecule has 1 atom stereocenters. The molecule has 1 aliphatic heterocycles. The van der Waals surface area contributed by atoms with Gasteiger partial charge in [-0.1, -0.05) is 36.5 Å². The first-order chi connectivity index (χ1) is 13.6. The van der Waals surface area contributed by atoms with Gasteiger partial charge in [-0.2, -0.15) is 35.9 Å². The van der Waals surface area contributed by atoms with E-state index in [1.165, 1.54) is 11.8 Å². The first-order valence-electron chi connectivity index (χ1n) is 8.99. The molecule has 6 heteroatoms. The summed E-state index contributed by atoms with van der Waals surface area (Å²) in [5.74, 6) is 1.61. The summed E-state index contributed by atoms with van der Waals surface area (Å²) < 4.78 is 5.54. The molecule has 1 amide bonds. The van der Waals surface area contributed by atoms with Crippen molar-refractivity contribution in [3.8, 4) is 11.5 Å². The van der Waals surface area contributed by atoms with Gasteiger partial charge in [-0.25, -0.2) is 4.98 Å². The Kier molecular flexibility index (Phi) is 9.34. The Labute approximate surface area is 201 Å². The standard InChI is InChI=1S/C12H12NO.C11H10NOS.Y/c1-3-11-9(2)14-12(13-11)10-7-5-4-6-8-10;1-8-12-11(13)10(14-8)7-9-5-3-2-4-6-9;/h4-8H,1,3H2,2H3;3-6,10H,1,7H2,(H,12,13);/q2*-1;+3. The minimum absolute atomic E-state index is 0. The van der Waals surface area contributed by atoms with Crippen molar-refractivity contribution in [2.75, 3.05) is 0 Å². The van der Waals surface area contributed by atoms with E-state index >= 15 is 0 Å². The molecule has 29 heavy (non-hydrogen) atoms. The van der Waals surface area contributed by atoms with Crippen molar-refractivity contribution in [1.82, 2.24) is 10.3 Å². The summed E-state index contributed by atoms with van der Waals surface area (Å²) >= 11 is 1.50. The van der Waals surface area contributed by atoms with Gasteiger partial charge in [0.1, 0.15) is 5.76 Å². The smallest absolute Gasteiger partial charge is 0.441 e. The van der Waals surface area contributed by atoms with Crippen molar-refractivity contribution >= 4 is 17.7 Å². The molecule has 0 spiro atoms. The van der Waals surface area contributed by atoms with Gasteiger partial charge in [-0.05, 0) is 25.5 Å². The van der Waals surface area contributed by atoms with Crippen molar-refractivity contribution in [2.45, 2.75) is 25.0 Å². The summed E-state index contributed by atoms with van der Waals surface area (Å²) in [5.41, 5.74) is 3.10. The van der Waals surface area contributed by atoms with Crippen LogP contribution in [0.3, 0.4) is 0 Å². The minimum atomic E-state index is -0.0232. The fourth-order valence-corrected chi connectivity index (χ4v) is 3.69. The molecular weight excluding hydrogens is 457 g/mol. The second-order valence-electron chi connectivity index (χ2n) is 6.27. The average molecular weight is 479 g/mol. The Balaban J connectivity index is 0.000000200. The van der Waals surface area contributed by atoms with Gasteiger partial charge in [0, 0.05) is 5.56 Å². The van der Waals surface area contributed by atoms with Crippen LogP contribution in [0.2, 0.25) is 0 Å². The van der Waals surface area contributed by atoms with Crippen LogP contribution in [0.25, 0.3) is 11.5 Å². The summed E-state index contributed by atoms with van der Waals surface area (Å²) in [6.45, 7) is 9.44. The molecule has 1 aromatic heterocycles. The Hall–Kier alpha value is -1.69. The van der Waals surface area contributed by atoms with E-state index in [0.717, 1.165) is 34.0 Å². The zero-order valence-electron chi connectivity index (χ0n) is 16.4. The number of carbonyl (C=O) groups excluding carboxylic acids is 1. The number of nitrogens with zero attached hydrogens (tertiary/aromatic N) is 1. The number of thioether (sulfide) groups is 1. The quantitative estimate of drug-likeness (QED) is 0.549. The SMILES string of the molecule is C=C1NC(=O)C(Cc2cc[c-]cc2)S1.[CH2-]Cc1nc(-c2ccccc2)oc1C.[Y+3]. The summed E-state index contributed by atoms with van der Waals surface area (Å²) in [6.07, 6.45) is 1.42. The zero-order valence-corrected chi connectivity index (χ0v) is 20.0. The van der Waals surface area contributed by atoms with Crippen LogP contribution in [0, 0.1) is 19.9 Å². The Bertz CT molecular complexity index is 942. The molecule has 1 saturated heterocycles. The van der Waals surface area contributed by atoms with Crippen molar-refractivity contribution in [3.05, 3.63) is 96.2 Å². The van der Waals surface area contributed by atoms with Gasteiger partial charge in [0.05, 0.1) is 16.0 Å². The van der Waals surface area contributed by atoms with E-state index < -0.39 is 0 Å². The molecule has 4 rings (SSSR count). The van der Waals surface area contributed by atoms with Crippen molar-refractivity contribution in [1.29, 1.82) is 0 Å². The van der Waals surface area contributed by atoms with Gasteiger partial charge in [-0.15, -0.1) is 6.42 Å². The maximum Gasteiger partial charge on any atom is 3.00 e. The van der Waals surface area contributed by atoms with Gasteiger partial charge in [-0.3, -0.25) is 4.79 Å². The van der Waals surface area contributed by atoms with E-state index in [1.807, 2.05) is 61.5 Å². The van der Waals surface area contributed by atoms with Crippen LogP contribution < -0.4 is 5.32 Å². The molecule has 144 valence electrons. The Morgan fingerprint density at radius 3 is 2.48 bits per heavy atom. The average Bonchev–Trinajstić information content (AvgIpc) is 3.25. The monoisotopic (exact) mass is 479 g/mol. The Morgan fingerprint density at radius 2 is 1.93 bits per heavy atom. The summed E-state index contributed by atoms with van der Waals surface area (Å²) in [5, 5.41) is 3.44. The number of oxazole rings is 1. The first kappa shape index (κ1) is 23.6. The summed E-state index contributed by atoms with van der Waals surface area (Å²) in [7, 11) is 0. The normalized spacial score (nSPS) is 15.2. The number of aromatic nitrogens is 1. The van der Waals surface area contributed by atoms with Crippen LogP contribution in [-0.4, -0.2) is 16.1 Å². The second kappa shape index (κ2) is 11.5. The molecule has 1 unspecified atom stereocenters. The molecule has 0 bridgehead atoms. The Morgan fingerprint density at radius 1 is 1.24 bits per heavy atom. The first-order valence-corrected chi connectivity index (χ1v) is 9.87. The third kappa shape index (κ3) is 6.66. The van der Waals surface area contributed by atoms with E-state index in [2.05, 4.69) is 29.9 Å². The molecule has 4 nitrogen and oxygen atoms in total. The van der Waals surface area contributed by atoms with Crippen LogP contribution >= 0.6 is 11.8 Å². The summed E-state index contributed by atoms with van der Waals surface area (Å²) in [6, 6.07) is 20.5. The van der Waals surface area contributed by atoms with Gasteiger partial charge >= 0.3 is 32.7 Å². The van der Waals surface area contributed by atoms with E-state index in [1.54, 1.807) is 0 Å². The maximum absolute atomic E-state index is 11.4. The third-order valence-corrected chi connectivity index (χ3v) is 5.25. The number of rotatable bonds is 4. The summed E-state index contributed by atoms with van der Waals surface area (Å²) in [4.78, 5) is 15.8. The second-order valence-corrected chi connectivity index (χ2v) is 7.57. The number of benzene rings is 2. The van der Waals surface area contributed by atoms with Gasteiger partial charge in [0.15, 0.2) is 0 Å². The van der Waals surface area contributed by atoms with Crippen LogP contribution in [0.15, 0.2) is 70.6 Å². The van der Waals surface area contributed by atoms with E-state index in [-0.39, 0.29) is 43.9 Å². The molecule has 1 aliphatic rings. The number of carbonyl (C=O) groups is 1. The van der Waals surface area contributed by atoms with Crippen molar-refractivity contribution in [3.63, 3.8) is 0 Å². The van der Waals surface area contributed by atoms with Gasteiger partial charge in [0.25, 0.3) is 0 Å². The van der Waals surface area contributed by atoms with Gasteiger partial charge < -0.3 is 16.7 Å². The third-order valence-electron chi connectivity index (χ3n) is 4.20. The largest absolute Gasteiger partial charge is 3.00 e. The minimum Gasteiger partial charge on any atom is -0.441 e. The van der Waals surface area contributed by atoms with E-state index in [4.69, 9.17) is 4.42 Å². The number of hydrogen-bond acceptors (Lipinski definition) is 4. The van der Waals surface area contributed by atoms with E-state index in [9.17, 15) is 4.79 Å². The fraction of sp³-hybridized carbons (Fsp3) is 0.174. The molecule has 2 aromatic carbocycles. The van der Waals surface area contributed by atoms with Crippen LogP contribution in [-0.2, 0) is 50.3 Å². The fourth-order valence-electron chi connectivity index (χ4n) is 2.74. The number of hydrogen-bond donors (Lipinski definition) is 1. The molecule has 0 radical (unpaired) electrons. The molecule has 3 aromatic rings. The number of nitrogens with one attached hydrogen (secondary N) is 1. The van der Waals surface area contributed by atoms with Crippen molar-refractivity contribution < 1.29 is 41.9 Å². The number of aryl methyl sites for hydroxylation is 1. The maximum atomic E-state index is 11.4. The molecule has 0 saturated carbocycles. The zero-order chi connectivity index (χ0) is 19.9. The van der Waals surface area contributed by atoms with Crippen molar-refractivity contribution in [2.24, 2.45) is 0 Å². The molecular formula is C23H22N2O2SY+. The van der Waals surface area contributed by atoms with Crippen LogP contribution in [0.5, 0.6) is 0 Å². The molecule has 0 aliphatic carbocycles. The molecule has 2 heterocycles. The van der Waals surface area contributed by atoms with Crippen LogP contribution in [0.4, 0.5) is 0 Å². The molecule has 1 N–H and O–H groups in total.